The van der Waals surface area contributed by atoms with Crippen LogP contribution in [0.2, 0.25) is 5.02 Å². The lowest BCUT2D eigenvalue weighted by molar-refractivity contribution is -0.125. The highest BCUT2D eigenvalue weighted by Gasteiger charge is 2.23. The average Bonchev–Trinajstić information content (AvgIpc) is 2.41. The summed E-state index contributed by atoms with van der Waals surface area (Å²) in [7, 11) is 1.71. The first-order chi connectivity index (χ1) is 8.69. The monoisotopic (exact) mass is 266 g/mol. The molecule has 4 heteroatoms. The van der Waals surface area contributed by atoms with E-state index in [9.17, 15) is 4.79 Å². The lowest BCUT2D eigenvalue weighted by Crippen LogP contribution is -2.39. The van der Waals surface area contributed by atoms with Crippen LogP contribution in [0.5, 0.6) is 0 Å². The highest BCUT2D eigenvalue weighted by Crippen LogP contribution is 2.19. The number of carbonyl (C=O) groups is 1. The molecule has 1 N–H and O–H groups in total. The predicted molar refractivity (Wildman–Crippen MR) is 73.5 cm³/mol. The maximum atomic E-state index is 11.5. The van der Waals surface area contributed by atoms with Crippen LogP contribution in [0.3, 0.4) is 0 Å². The van der Waals surface area contributed by atoms with E-state index in [4.69, 9.17) is 11.6 Å². The first-order valence-corrected chi connectivity index (χ1v) is 6.75. The van der Waals surface area contributed by atoms with Crippen LogP contribution in [0.4, 0.5) is 0 Å². The topological polar surface area (TPSA) is 32.3 Å². The van der Waals surface area contributed by atoms with Gasteiger partial charge in [0.15, 0.2) is 0 Å². The number of hydrogen-bond donors (Lipinski definition) is 1. The molecule has 98 valence electrons. The fourth-order valence-corrected chi connectivity index (χ4v) is 2.53. The Morgan fingerprint density at radius 1 is 1.33 bits per heavy atom. The quantitative estimate of drug-likeness (QED) is 0.911. The molecule has 0 radical (unpaired) electrons. The van der Waals surface area contributed by atoms with Crippen molar-refractivity contribution in [3.05, 3.63) is 34.9 Å². The Morgan fingerprint density at radius 2 is 1.94 bits per heavy atom. The number of halogens is 1. The molecule has 0 aromatic heterocycles. The smallest absolute Gasteiger partial charge is 0.222 e. The van der Waals surface area contributed by atoms with Gasteiger partial charge in [0.25, 0.3) is 0 Å². The fourth-order valence-electron chi connectivity index (χ4n) is 2.41. The van der Waals surface area contributed by atoms with E-state index in [1.165, 1.54) is 5.56 Å². The Hall–Kier alpha value is -1.06. The van der Waals surface area contributed by atoms with Crippen molar-refractivity contribution in [1.82, 2.24) is 10.2 Å². The SMILES string of the molecule is CNC(=O)C1CCN(Cc2ccc(Cl)cc2)CC1. The van der Waals surface area contributed by atoms with Crippen molar-refractivity contribution in [2.45, 2.75) is 19.4 Å². The molecule has 1 aliphatic rings. The molecule has 0 bridgehead atoms. The number of nitrogens with one attached hydrogen (secondary N) is 1. The number of hydrogen-bond acceptors (Lipinski definition) is 2. The third-order valence-corrected chi connectivity index (χ3v) is 3.78. The minimum atomic E-state index is 0.182. The second kappa shape index (κ2) is 6.21. The summed E-state index contributed by atoms with van der Waals surface area (Å²) in [5.74, 6) is 0.373. The predicted octanol–water partition coefficient (Wildman–Crippen LogP) is 2.30. The largest absolute Gasteiger partial charge is 0.359 e. The zero-order valence-corrected chi connectivity index (χ0v) is 11.4. The summed E-state index contributed by atoms with van der Waals surface area (Å²) in [6.07, 6.45) is 1.90. The highest BCUT2D eigenvalue weighted by atomic mass is 35.5. The summed E-state index contributed by atoms with van der Waals surface area (Å²) in [6, 6.07) is 7.97. The molecule has 1 fully saturated rings. The van der Waals surface area contributed by atoms with Crippen LogP contribution in [-0.4, -0.2) is 30.9 Å². The standard InChI is InChI=1S/C14H19ClN2O/c1-16-14(18)12-6-8-17(9-7-12)10-11-2-4-13(15)5-3-11/h2-5,12H,6-10H2,1H3,(H,16,18). The molecule has 0 unspecified atom stereocenters. The second-order valence-corrected chi connectivity index (χ2v) is 5.23. The molecule has 1 aromatic rings. The maximum absolute atomic E-state index is 11.5. The summed E-state index contributed by atoms with van der Waals surface area (Å²) in [5, 5.41) is 3.51. The number of amides is 1. The molecule has 0 atom stereocenters. The van der Waals surface area contributed by atoms with Crippen LogP contribution in [-0.2, 0) is 11.3 Å². The number of piperidine rings is 1. The summed E-state index contributed by atoms with van der Waals surface area (Å²) in [6.45, 7) is 2.92. The molecule has 1 saturated heterocycles. The summed E-state index contributed by atoms with van der Waals surface area (Å²) in [5.41, 5.74) is 1.28. The normalized spacial score (nSPS) is 17.7. The van der Waals surface area contributed by atoms with E-state index in [2.05, 4.69) is 22.3 Å². The van der Waals surface area contributed by atoms with E-state index in [0.29, 0.717) is 0 Å². The van der Waals surface area contributed by atoms with Crippen molar-refractivity contribution in [3.63, 3.8) is 0 Å². The first kappa shape index (κ1) is 13.4. The van der Waals surface area contributed by atoms with Crippen molar-refractivity contribution in [3.8, 4) is 0 Å². The molecule has 2 rings (SSSR count). The van der Waals surface area contributed by atoms with Gasteiger partial charge in [-0.1, -0.05) is 23.7 Å². The first-order valence-electron chi connectivity index (χ1n) is 6.37. The van der Waals surface area contributed by atoms with Crippen LogP contribution in [0.1, 0.15) is 18.4 Å². The maximum Gasteiger partial charge on any atom is 0.222 e. The van der Waals surface area contributed by atoms with E-state index >= 15 is 0 Å². The van der Waals surface area contributed by atoms with E-state index < -0.39 is 0 Å². The Bertz CT molecular complexity index is 397. The van der Waals surface area contributed by atoms with Crippen LogP contribution in [0, 0.1) is 5.92 Å². The minimum absolute atomic E-state index is 0.182. The van der Waals surface area contributed by atoms with Crippen LogP contribution in [0.15, 0.2) is 24.3 Å². The molecular weight excluding hydrogens is 248 g/mol. The third kappa shape index (κ3) is 3.47. The van der Waals surface area contributed by atoms with Gasteiger partial charge in [-0.25, -0.2) is 0 Å². The molecular formula is C14H19ClN2O. The van der Waals surface area contributed by atoms with E-state index in [1.807, 2.05) is 12.1 Å². The van der Waals surface area contributed by atoms with Gasteiger partial charge in [-0.3, -0.25) is 9.69 Å². The van der Waals surface area contributed by atoms with Crippen molar-refractivity contribution in [1.29, 1.82) is 0 Å². The number of rotatable bonds is 3. The molecule has 0 aliphatic carbocycles. The van der Waals surface area contributed by atoms with Gasteiger partial charge in [-0.05, 0) is 43.6 Å². The van der Waals surface area contributed by atoms with Gasteiger partial charge in [0, 0.05) is 24.5 Å². The molecule has 1 aliphatic heterocycles. The summed E-state index contributed by atoms with van der Waals surface area (Å²) < 4.78 is 0. The Balaban J connectivity index is 1.83. The second-order valence-electron chi connectivity index (χ2n) is 4.79. The van der Waals surface area contributed by atoms with Gasteiger partial charge in [0.1, 0.15) is 0 Å². The van der Waals surface area contributed by atoms with E-state index in [1.54, 1.807) is 7.05 Å². The zero-order chi connectivity index (χ0) is 13.0. The Kier molecular flexibility index (Phi) is 4.61. The van der Waals surface area contributed by atoms with Crippen molar-refractivity contribution < 1.29 is 4.79 Å². The minimum Gasteiger partial charge on any atom is -0.359 e. The third-order valence-electron chi connectivity index (χ3n) is 3.52. The Morgan fingerprint density at radius 3 is 2.50 bits per heavy atom. The van der Waals surface area contributed by atoms with Crippen LogP contribution >= 0.6 is 11.6 Å². The molecule has 1 aromatic carbocycles. The molecule has 3 nitrogen and oxygen atoms in total. The summed E-state index contributed by atoms with van der Waals surface area (Å²) >= 11 is 5.87. The van der Waals surface area contributed by atoms with Crippen molar-refractivity contribution >= 4 is 17.5 Å². The van der Waals surface area contributed by atoms with E-state index in [-0.39, 0.29) is 11.8 Å². The number of likely N-dealkylation sites (tertiary alicyclic amines) is 1. The number of benzene rings is 1. The molecule has 1 amide bonds. The van der Waals surface area contributed by atoms with Gasteiger partial charge < -0.3 is 5.32 Å². The number of nitrogens with zero attached hydrogens (tertiary/aromatic N) is 1. The van der Waals surface area contributed by atoms with Gasteiger partial charge >= 0.3 is 0 Å². The highest BCUT2D eigenvalue weighted by molar-refractivity contribution is 6.30. The fraction of sp³-hybridized carbons (Fsp3) is 0.500. The molecule has 1 heterocycles. The van der Waals surface area contributed by atoms with E-state index in [0.717, 1.165) is 37.5 Å². The molecule has 0 saturated carbocycles. The molecule has 0 spiro atoms. The number of carbonyl (C=O) groups excluding carboxylic acids is 1. The van der Waals surface area contributed by atoms with Gasteiger partial charge in [0.05, 0.1) is 0 Å². The Labute approximate surface area is 113 Å². The van der Waals surface area contributed by atoms with Crippen molar-refractivity contribution in [2.75, 3.05) is 20.1 Å². The van der Waals surface area contributed by atoms with Crippen LogP contribution < -0.4 is 5.32 Å². The van der Waals surface area contributed by atoms with Gasteiger partial charge in [-0.15, -0.1) is 0 Å². The van der Waals surface area contributed by atoms with Crippen molar-refractivity contribution in [2.24, 2.45) is 5.92 Å². The molecule has 18 heavy (non-hydrogen) atoms. The lowest BCUT2D eigenvalue weighted by atomic mass is 9.95. The summed E-state index contributed by atoms with van der Waals surface area (Å²) in [4.78, 5) is 13.9. The lowest BCUT2D eigenvalue weighted by Gasteiger charge is -2.31. The van der Waals surface area contributed by atoms with Gasteiger partial charge in [0.2, 0.25) is 5.91 Å². The van der Waals surface area contributed by atoms with Gasteiger partial charge in [-0.2, -0.15) is 0 Å². The van der Waals surface area contributed by atoms with Crippen LogP contribution in [0.25, 0.3) is 0 Å². The zero-order valence-electron chi connectivity index (χ0n) is 10.7. The average molecular weight is 267 g/mol.